The van der Waals surface area contributed by atoms with Crippen LogP contribution in [-0.2, 0) is 14.8 Å². The van der Waals surface area contributed by atoms with Gasteiger partial charge in [-0.15, -0.1) is 0 Å². The van der Waals surface area contributed by atoms with Gasteiger partial charge in [0, 0.05) is 25.9 Å². The van der Waals surface area contributed by atoms with E-state index in [2.05, 4.69) is 21.8 Å². The summed E-state index contributed by atoms with van der Waals surface area (Å²) < 4.78 is 34.4. The lowest BCUT2D eigenvalue weighted by molar-refractivity contribution is -0.128. The Morgan fingerprint density at radius 3 is 2.56 bits per heavy atom. The van der Waals surface area contributed by atoms with Crippen molar-refractivity contribution in [3.63, 3.8) is 0 Å². The number of hydrogen-bond acceptors (Lipinski definition) is 7. The summed E-state index contributed by atoms with van der Waals surface area (Å²) in [5.41, 5.74) is 0.970. The van der Waals surface area contributed by atoms with Crippen molar-refractivity contribution in [2.45, 2.75) is 74.5 Å². The van der Waals surface area contributed by atoms with Crippen LogP contribution in [0, 0.1) is 6.92 Å². The molecular weight excluding hydrogens is 454 g/mol. The number of sulfonamides is 1. The van der Waals surface area contributed by atoms with Crippen molar-refractivity contribution in [2.24, 2.45) is 0 Å². The molecule has 8 nitrogen and oxygen atoms in total. The first-order chi connectivity index (χ1) is 16.3. The zero-order valence-electron chi connectivity index (χ0n) is 19.4. The fourth-order valence-corrected chi connectivity index (χ4v) is 5.83. The van der Waals surface area contributed by atoms with E-state index in [0.29, 0.717) is 43.4 Å². The molecule has 2 heterocycles. The first kappa shape index (κ1) is 23.1. The van der Waals surface area contributed by atoms with Gasteiger partial charge in [0.05, 0.1) is 6.10 Å². The van der Waals surface area contributed by atoms with Gasteiger partial charge in [-0.2, -0.15) is 8.42 Å². The first-order valence-electron chi connectivity index (χ1n) is 12.0. The number of ether oxygens (including phenoxy) is 1. The number of pyridine rings is 1. The third-order valence-electron chi connectivity index (χ3n) is 7.03. The molecule has 2 saturated carbocycles. The van der Waals surface area contributed by atoms with Crippen LogP contribution in [0.1, 0.15) is 62.0 Å². The Morgan fingerprint density at radius 2 is 1.88 bits per heavy atom. The summed E-state index contributed by atoms with van der Waals surface area (Å²) in [5, 5.41) is 9.28. The minimum atomic E-state index is -4.17. The van der Waals surface area contributed by atoms with E-state index in [0.717, 1.165) is 24.0 Å². The molecule has 0 unspecified atom stereocenters. The number of rotatable bonds is 7. The lowest BCUT2D eigenvalue weighted by Crippen LogP contribution is -2.51. The number of carbonyl (C=O) groups is 1. The van der Waals surface area contributed by atoms with Crippen molar-refractivity contribution in [3.8, 4) is 5.75 Å². The van der Waals surface area contributed by atoms with E-state index in [-0.39, 0.29) is 5.03 Å². The van der Waals surface area contributed by atoms with Crippen LogP contribution < -0.4 is 14.4 Å². The fraction of sp³-hybridized carbons (Fsp3) is 0.520. The van der Waals surface area contributed by atoms with Crippen LogP contribution in [0.25, 0.3) is 0 Å². The Morgan fingerprint density at radius 1 is 1.15 bits per heavy atom. The van der Waals surface area contributed by atoms with Crippen molar-refractivity contribution in [1.82, 2.24) is 9.71 Å². The lowest BCUT2D eigenvalue weighted by atomic mass is 9.83. The van der Waals surface area contributed by atoms with Gasteiger partial charge in [-0.3, -0.25) is 4.79 Å². The van der Waals surface area contributed by atoms with Gasteiger partial charge in [-0.1, -0.05) is 37.5 Å². The maximum atomic E-state index is 13.1. The predicted octanol–water partition coefficient (Wildman–Crippen LogP) is 3.04. The van der Waals surface area contributed by atoms with Crippen LogP contribution in [0.3, 0.4) is 0 Å². The minimum Gasteiger partial charge on any atom is -0.477 e. The normalized spacial score (nSPS) is 20.5. The molecule has 3 fully saturated rings. The van der Waals surface area contributed by atoms with E-state index in [1.807, 2.05) is 13.0 Å². The van der Waals surface area contributed by atoms with Crippen molar-refractivity contribution >= 4 is 21.7 Å². The molecular formula is C25H31N3O5S. The number of nitrogens with one attached hydrogen (secondary N) is 1. The third-order valence-corrected chi connectivity index (χ3v) is 8.27. The number of amides is 1. The lowest BCUT2D eigenvalue weighted by Gasteiger charge is -2.36. The van der Waals surface area contributed by atoms with Crippen LogP contribution in [-0.4, -0.2) is 49.2 Å². The highest BCUT2D eigenvalue weighted by Gasteiger charge is 2.54. The van der Waals surface area contributed by atoms with E-state index in [1.165, 1.54) is 25.3 Å². The van der Waals surface area contributed by atoms with Gasteiger partial charge in [0.2, 0.25) is 0 Å². The summed E-state index contributed by atoms with van der Waals surface area (Å²) in [6.45, 7) is 2.79. The zero-order valence-corrected chi connectivity index (χ0v) is 20.2. The van der Waals surface area contributed by atoms with Gasteiger partial charge in [0.25, 0.3) is 15.9 Å². The standard InChI is InChI=1S/C25H31N3O5S/c1-17-10-11-20(18-6-3-2-4-7-18)21(14-17)33-25(12-13-25)24(30)27-34(31,32)23-9-5-8-22(26-23)28-15-19(29)16-28/h5,8-11,14,18-19,29H,2-4,6-7,12-13,15-16H2,1H3,(H,27,30). The maximum absolute atomic E-state index is 13.1. The Balaban J connectivity index is 1.33. The molecule has 1 aromatic carbocycles. The molecule has 0 spiro atoms. The molecule has 0 atom stereocenters. The summed E-state index contributed by atoms with van der Waals surface area (Å²) >= 11 is 0. The SMILES string of the molecule is Cc1ccc(C2CCCCC2)c(OC2(C(=O)NS(=O)(=O)c3cccc(N4CC(O)C4)n3)CC2)c1. The van der Waals surface area contributed by atoms with Gasteiger partial charge in [0.1, 0.15) is 11.6 Å². The summed E-state index contributed by atoms with van der Waals surface area (Å²) in [5.74, 6) is 0.886. The van der Waals surface area contributed by atoms with Crippen molar-refractivity contribution in [3.05, 3.63) is 47.5 Å². The maximum Gasteiger partial charge on any atom is 0.281 e. The Labute approximate surface area is 200 Å². The number of aliphatic hydroxyl groups is 1. The third kappa shape index (κ3) is 4.63. The van der Waals surface area contributed by atoms with Crippen LogP contribution in [0.2, 0.25) is 0 Å². The minimum absolute atomic E-state index is 0.228. The molecule has 34 heavy (non-hydrogen) atoms. The number of benzene rings is 1. The number of aromatic nitrogens is 1. The average Bonchev–Trinajstić information content (AvgIpc) is 3.58. The van der Waals surface area contributed by atoms with Gasteiger partial charge >= 0.3 is 0 Å². The van der Waals surface area contributed by atoms with Gasteiger partial charge < -0.3 is 14.7 Å². The molecule has 0 radical (unpaired) electrons. The Bertz CT molecular complexity index is 1180. The van der Waals surface area contributed by atoms with Crippen LogP contribution in [0.15, 0.2) is 41.4 Å². The molecule has 0 bridgehead atoms. The highest BCUT2D eigenvalue weighted by atomic mass is 32.2. The van der Waals surface area contributed by atoms with Crippen molar-refractivity contribution in [2.75, 3.05) is 18.0 Å². The average molecular weight is 486 g/mol. The molecule has 2 aromatic rings. The van der Waals surface area contributed by atoms with E-state index in [9.17, 15) is 18.3 Å². The number of anilines is 1. The molecule has 2 aliphatic carbocycles. The van der Waals surface area contributed by atoms with Gasteiger partial charge in [-0.25, -0.2) is 9.71 Å². The first-order valence-corrected chi connectivity index (χ1v) is 13.5. The second kappa shape index (κ2) is 8.85. The number of carbonyl (C=O) groups excluding carboxylic acids is 1. The van der Waals surface area contributed by atoms with Crippen LogP contribution >= 0.6 is 0 Å². The number of nitrogens with zero attached hydrogens (tertiary/aromatic N) is 2. The number of aryl methyl sites for hydroxylation is 1. The molecule has 182 valence electrons. The molecule has 1 amide bonds. The Hall–Kier alpha value is -2.65. The van der Waals surface area contributed by atoms with Gasteiger partial charge in [0.15, 0.2) is 10.6 Å². The Kier molecular flexibility index (Phi) is 6.02. The molecule has 2 N–H and O–H groups in total. The molecule has 5 rings (SSSR count). The highest BCUT2D eigenvalue weighted by molar-refractivity contribution is 7.90. The summed E-state index contributed by atoms with van der Waals surface area (Å²) in [6.07, 6.45) is 6.31. The largest absolute Gasteiger partial charge is 0.477 e. The smallest absolute Gasteiger partial charge is 0.281 e. The van der Waals surface area contributed by atoms with Crippen LogP contribution in [0.4, 0.5) is 5.82 Å². The molecule has 1 aliphatic heterocycles. The summed E-state index contributed by atoms with van der Waals surface area (Å²) in [4.78, 5) is 19.1. The fourth-order valence-electron chi connectivity index (χ4n) is 4.82. The van der Waals surface area contributed by atoms with E-state index in [1.54, 1.807) is 17.0 Å². The van der Waals surface area contributed by atoms with Gasteiger partial charge in [-0.05, 0) is 55.0 Å². The monoisotopic (exact) mass is 485 g/mol. The van der Waals surface area contributed by atoms with Crippen LogP contribution in [0.5, 0.6) is 5.75 Å². The zero-order chi connectivity index (χ0) is 23.9. The highest BCUT2D eigenvalue weighted by Crippen LogP contribution is 2.45. The number of β-amino-alcohol motifs (C(OH)–C–C–N with tert-alkyl or cyclic N) is 1. The van der Waals surface area contributed by atoms with Crippen molar-refractivity contribution in [1.29, 1.82) is 0 Å². The van der Waals surface area contributed by atoms with E-state index in [4.69, 9.17) is 4.74 Å². The molecule has 3 aliphatic rings. The number of aliphatic hydroxyl groups excluding tert-OH is 1. The summed E-state index contributed by atoms with van der Waals surface area (Å²) in [7, 11) is -4.17. The second-order valence-electron chi connectivity index (χ2n) is 9.80. The molecule has 1 aromatic heterocycles. The quantitative estimate of drug-likeness (QED) is 0.620. The number of hydrogen-bond donors (Lipinski definition) is 2. The summed E-state index contributed by atoms with van der Waals surface area (Å²) in [6, 6.07) is 10.7. The predicted molar refractivity (Wildman–Crippen MR) is 127 cm³/mol. The molecule has 9 heteroatoms. The van der Waals surface area contributed by atoms with E-state index >= 15 is 0 Å². The second-order valence-corrected chi connectivity index (χ2v) is 11.4. The van der Waals surface area contributed by atoms with E-state index < -0.39 is 27.6 Å². The van der Waals surface area contributed by atoms with Crippen molar-refractivity contribution < 1.29 is 23.1 Å². The molecule has 1 saturated heterocycles. The topological polar surface area (TPSA) is 109 Å².